The van der Waals surface area contributed by atoms with Gasteiger partial charge >= 0.3 is 0 Å². The Labute approximate surface area is 134 Å². The number of carbonyl (C=O) groups is 1. The maximum absolute atomic E-state index is 11.0. The van der Waals surface area contributed by atoms with Crippen LogP contribution in [0.3, 0.4) is 0 Å². The van der Waals surface area contributed by atoms with Gasteiger partial charge in [0.25, 0.3) is 0 Å². The van der Waals surface area contributed by atoms with E-state index in [0.29, 0.717) is 0 Å². The number of ketones is 1. The van der Waals surface area contributed by atoms with Crippen molar-refractivity contribution in [2.75, 3.05) is 0 Å². The number of rotatable bonds is 3. The van der Waals surface area contributed by atoms with Gasteiger partial charge < -0.3 is 49.5 Å². The third-order valence-corrected chi connectivity index (χ3v) is 3.39. The molecule has 110 valence electrons. The van der Waals surface area contributed by atoms with Crippen LogP contribution in [0.4, 0.5) is 0 Å². The predicted molar refractivity (Wildman–Crippen MR) is 80.5 cm³/mol. The number of Topliss-reactive ketones (excluding diaryl/α,β-unsaturated/α-hetero) is 1. The van der Waals surface area contributed by atoms with Crippen molar-refractivity contribution < 1.29 is 21.9 Å². The second-order valence-corrected chi connectivity index (χ2v) is 5.08. The Morgan fingerprint density at radius 3 is 2.16 bits per heavy atom. The SMILES string of the molecule is Br[c-]1[cH-][cH-][cH-][cH-]1.CCc1cc(C(C)=O)c[c-]1CC.[Fe]. The van der Waals surface area contributed by atoms with Gasteiger partial charge in [-0.05, 0) is 6.92 Å². The van der Waals surface area contributed by atoms with Crippen LogP contribution >= 0.6 is 15.9 Å². The van der Waals surface area contributed by atoms with Crippen LogP contribution in [0.2, 0.25) is 0 Å². The van der Waals surface area contributed by atoms with E-state index in [1.165, 1.54) is 11.1 Å². The summed E-state index contributed by atoms with van der Waals surface area (Å²) in [6, 6.07) is 12.0. The summed E-state index contributed by atoms with van der Waals surface area (Å²) < 4.78 is 1.16. The van der Waals surface area contributed by atoms with Crippen molar-refractivity contribution in [1.82, 2.24) is 0 Å². The van der Waals surface area contributed by atoms with E-state index in [1.54, 1.807) is 6.92 Å². The minimum atomic E-state index is 0. The predicted octanol–water partition coefficient (Wildman–Crippen LogP) is 4.90. The summed E-state index contributed by atoms with van der Waals surface area (Å²) in [5, 5.41) is 0. The van der Waals surface area contributed by atoms with E-state index in [0.717, 1.165) is 22.9 Å². The minimum absolute atomic E-state index is 0. The third-order valence-electron chi connectivity index (χ3n) is 2.86. The van der Waals surface area contributed by atoms with Gasteiger partial charge in [-0.2, -0.15) is 23.3 Å². The van der Waals surface area contributed by atoms with E-state index in [2.05, 4.69) is 29.8 Å². The topological polar surface area (TPSA) is 17.1 Å². The molecule has 0 saturated heterocycles. The number of hydrogen-bond donors (Lipinski definition) is 0. The molecular weight excluding hydrogens is 344 g/mol. The Kier molecular flexibility index (Phi) is 8.99. The molecule has 0 aliphatic carbocycles. The first kappa shape index (κ1) is 18.4. The first-order valence-corrected chi connectivity index (χ1v) is 7.04. The number of carbonyl (C=O) groups excluding carboxylic acids is 1. The zero-order valence-electron chi connectivity index (χ0n) is 11.5. The quantitative estimate of drug-likeness (QED) is 0.431. The standard InChI is InChI=1S/C11H15O.C5H4Br.Fe/c1-4-9-6-11(8(3)12)7-10(9)5-2;6-5-3-1-2-4-5;/h6-7H,4-5H2,1-3H3;1-4H;/q-1;-5;. The molecule has 0 fully saturated rings. The van der Waals surface area contributed by atoms with Crippen molar-refractivity contribution in [3.05, 3.63) is 57.6 Å². The van der Waals surface area contributed by atoms with E-state index in [1.807, 2.05) is 36.4 Å². The monoisotopic (exact) mass is 362 g/mol. The normalized spacial score (nSPS) is 9.26. The van der Waals surface area contributed by atoms with Crippen LogP contribution in [-0.2, 0) is 29.9 Å². The molecule has 19 heavy (non-hydrogen) atoms. The maximum Gasteiger partial charge on any atom is 0.0945 e. The number of aryl methyl sites for hydroxylation is 2. The van der Waals surface area contributed by atoms with Crippen LogP contribution in [0.15, 0.2) is 40.9 Å². The molecule has 0 heterocycles. The molecule has 0 aliphatic rings. The molecule has 2 aromatic carbocycles. The van der Waals surface area contributed by atoms with Crippen LogP contribution < -0.4 is 0 Å². The zero-order chi connectivity index (χ0) is 13.5. The van der Waals surface area contributed by atoms with Crippen LogP contribution in [0.1, 0.15) is 42.3 Å². The zero-order valence-corrected chi connectivity index (χ0v) is 14.2. The average Bonchev–Trinajstić information content (AvgIpc) is 2.97. The van der Waals surface area contributed by atoms with Gasteiger partial charge in [0.15, 0.2) is 0 Å². The second-order valence-electron chi connectivity index (χ2n) is 4.16. The average molecular weight is 363 g/mol. The summed E-state index contributed by atoms with van der Waals surface area (Å²) in [5.41, 5.74) is 3.51. The molecule has 0 aliphatic heterocycles. The molecule has 0 unspecified atom stereocenters. The fraction of sp³-hybridized carbons (Fsp3) is 0.312. The van der Waals surface area contributed by atoms with Crippen molar-refractivity contribution >= 4 is 21.7 Å². The van der Waals surface area contributed by atoms with Crippen LogP contribution in [0, 0.1) is 0 Å². The van der Waals surface area contributed by atoms with Gasteiger partial charge in [-0.3, -0.25) is 0 Å². The van der Waals surface area contributed by atoms with E-state index in [9.17, 15) is 4.79 Å². The molecule has 3 heteroatoms. The van der Waals surface area contributed by atoms with Gasteiger partial charge in [0.2, 0.25) is 0 Å². The molecule has 0 radical (unpaired) electrons. The van der Waals surface area contributed by atoms with Crippen LogP contribution in [0.5, 0.6) is 0 Å². The number of hydrogen-bond acceptors (Lipinski definition) is 1. The fourth-order valence-corrected chi connectivity index (χ4v) is 2.12. The fourth-order valence-electron chi connectivity index (χ4n) is 1.81. The maximum atomic E-state index is 11.0. The smallest absolute Gasteiger partial charge is 0.0945 e. The summed E-state index contributed by atoms with van der Waals surface area (Å²) in [6.07, 6.45) is 2.05. The Hall–Kier alpha value is -0.631. The Morgan fingerprint density at radius 1 is 1.32 bits per heavy atom. The van der Waals surface area contributed by atoms with E-state index in [-0.39, 0.29) is 22.9 Å². The molecule has 0 aromatic heterocycles. The first-order chi connectivity index (χ1) is 8.58. The van der Waals surface area contributed by atoms with E-state index in [4.69, 9.17) is 0 Å². The number of halogens is 1. The van der Waals surface area contributed by atoms with Crippen molar-refractivity contribution in [2.45, 2.75) is 33.6 Å². The van der Waals surface area contributed by atoms with E-state index >= 15 is 0 Å². The van der Waals surface area contributed by atoms with Gasteiger partial charge in [0.05, 0.1) is 5.78 Å². The molecule has 0 saturated carbocycles. The summed E-state index contributed by atoms with van der Waals surface area (Å²) in [5.74, 6) is 0.171. The van der Waals surface area contributed by atoms with Crippen LogP contribution in [-0.4, -0.2) is 5.78 Å². The third kappa shape index (κ3) is 5.90. The van der Waals surface area contributed by atoms with Crippen molar-refractivity contribution in [2.24, 2.45) is 0 Å². The Balaban J connectivity index is 0.000000392. The summed E-state index contributed by atoms with van der Waals surface area (Å²) in [4.78, 5) is 11.0. The minimum Gasteiger partial charge on any atom is -0.747 e. The van der Waals surface area contributed by atoms with Gasteiger partial charge in [0, 0.05) is 17.1 Å². The second kappa shape index (κ2) is 9.30. The Morgan fingerprint density at radius 2 is 1.89 bits per heavy atom. The largest absolute Gasteiger partial charge is 0.747 e. The van der Waals surface area contributed by atoms with Gasteiger partial charge in [-0.25, -0.2) is 0 Å². The van der Waals surface area contributed by atoms with Gasteiger partial charge in [0.1, 0.15) is 0 Å². The summed E-state index contributed by atoms with van der Waals surface area (Å²) >= 11 is 3.28. The Bertz CT molecular complexity index is 461. The molecule has 1 nitrogen and oxygen atoms in total. The summed E-state index contributed by atoms with van der Waals surface area (Å²) in [7, 11) is 0. The molecule has 2 aromatic rings. The molecule has 0 amide bonds. The molecule has 0 N–H and O–H groups in total. The molecule has 0 spiro atoms. The molecule has 0 bridgehead atoms. The molecular formula is C16H19BrFeO-6. The first-order valence-electron chi connectivity index (χ1n) is 6.25. The van der Waals surface area contributed by atoms with Crippen molar-refractivity contribution in [1.29, 1.82) is 0 Å². The van der Waals surface area contributed by atoms with Crippen molar-refractivity contribution in [3.8, 4) is 0 Å². The molecule has 2 rings (SSSR count). The van der Waals surface area contributed by atoms with Crippen molar-refractivity contribution in [3.63, 3.8) is 0 Å². The van der Waals surface area contributed by atoms with Gasteiger partial charge in [-0.1, -0.05) is 26.7 Å². The molecule has 0 atom stereocenters. The van der Waals surface area contributed by atoms with E-state index < -0.39 is 0 Å². The van der Waals surface area contributed by atoms with Crippen LogP contribution in [0.25, 0.3) is 0 Å². The van der Waals surface area contributed by atoms with Gasteiger partial charge in [-0.15, -0.1) is 5.56 Å². The summed E-state index contributed by atoms with van der Waals surface area (Å²) in [6.45, 7) is 5.87.